The second kappa shape index (κ2) is 14.2. The van der Waals surface area contributed by atoms with Crippen LogP contribution in [0.5, 0.6) is 5.75 Å². The van der Waals surface area contributed by atoms with E-state index in [1.807, 2.05) is 19.2 Å². The molecule has 0 amide bonds. The predicted molar refractivity (Wildman–Crippen MR) is 124 cm³/mol. The lowest BCUT2D eigenvalue weighted by Crippen LogP contribution is -2.48. The quantitative estimate of drug-likeness (QED) is 0.400. The molecule has 0 atom stereocenters. The summed E-state index contributed by atoms with van der Waals surface area (Å²) >= 11 is 0. The van der Waals surface area contributed by atoms with Gasteiger partial charge in [0.05, 0.1) is 6.61 Å². The number of aliphatic imine (C=N–C) groups is 1. The van der Waals surface area contributed by atoms with E-state index < -0.39 is 0 Å². The van der Waals surface area contributed by atoms with Crippen LogP contribution in [0.4, 0.5) is 0 Å². The minimum Gasteiger partial charge on any atom is -0.492 e. The number of hydrogen-bond acceptors (Lipinski definition) is 5. The van der Waals surface area contributed by atoms with Crippen molar-refractivity contribution in [2.75, 3.05) is 67.1 Å². The zero-order valence-corrected chi connectivity index (χ0v) is 19.3. The highest BCUT2D eigenvalue weighted by atomic mass is 16.5. The van der Waals surface area contributed by atoms with Crippen molar-refractivity contribution < 1.29 is 9.47 Å². The fourth-order valence-corrected chi connectivity index (χ4v) is 3.61. The lowest BCUT2D eigenvalue weighted by molar-refractivity contribution is 0.150. The summed E-state index contributed by atoms with van der Waals surface area (Å²) < 4.78 is 11.0. The Kier molecular flexibility index (Phi) is 11.6. The first-order valence-electron chi connectivity index (χ1n) is 11.2. The summed E-state index contributed by atoms with van der Waals surface area (Å²) in [5.41, 5.74) is 1.18. The average molecular weight is 420 g/mol. The van der Waals surface area contributed by atoms with Crippen molar-refractivity contribution in [3.63, 3.8) is 0 Å². The normalized spacial score (nSPS) is 16.1. The third kappa shape index (κ3) is 9.32. The molecule has 1 saturated heterocycles. The molecule has 170 valence electrons. The number of likely N-dealkylation sites (N-methyl/N-ethyl adjacent to an activating group) is 1. The molecule has 2 N–H and O–H groups in total. The van der Waals surface area contributed by atoms with E-state index in [2.05, 4.69) is 51.5 Å². The van der Waals surface area contributed by atoms with Crippen LogP contribution < -0.4 is 15.4 Å². The number of likely N-dealkylation sites (tertiary alicyclic amines) is 1. The van der Waals surface area contributed by atoms with Crippen LogP contribution in [0.3, 0.4) is 0 Å². The summed E-state index contributed by atoms with van der Waals surface area (Å²) in [6.07, 6.45) is 3.57. The standard InChI is InChI=1S/C23H41N5O2/c1-5-11-28-12-9-21(10-13-28)26-23(24-2)25-19-20-7-6-8-22(18-20)30-17-15-27(3)14-16-29-4/h6-8,18,21H,5,9-17,19H2,1-4H3,(H2,24,25,26). The number of guanidine groups is 1. The highest BCUT2D eigenvalue weighted by molar-refractivity contribution is 5.79. The Balaban J connectivity index is 1.72. The SMILES string of the molecule is CCCN1CCC(NC(=NC)NCc2cccc(OCCN(C)CCOC)c2)CC1. The fraction of sp³-hybridized carbons (Fsp3) is 0.696. The van der Waals surface area contributed by atoms with Gasteiger partial charge in [0.15, 0.2) is 5.96 Å². The molecule has 0 bridgehead atoms. The predicted octanol–water partition coefficient (Wildman–Crippen LogP) is 2.18. The first-order chi connectivity index (χ1) is 14.6. The minimum atomic E-state index is 0.495. The Labute approximate surface area is 182 Å². The first-order valence-corrected chi connectivity index (χ1v) is 11.2. The Bertz CT molecular complexity index is 617. The molecule has 0 saturated carbocycles. The van der Waals surface area contributed by atoms with Gasteiger partial charge in [-0.2, -0.15) is 0 Å². The van der Waals surface area contributed by atoms with Crippen molar-refractivity contribution in [2.45, 2.75) is 38.8 Å². The van der Waals surface area contributed by atoms with Gasteiger partial charge in [-0.3, -0.25) is 4.99 Å². The van der Waals surface area contributed by atoms with Gasteiger partial charge in [-0.1, -0.05) is 19.1 Å². The van der Waals surface area contributed by atoms with E-state index in [0.29, 0.717) is 12.6 Å². The van der Waals surface area contributed by atoms with Crippen molar-refractivity contribution in [1.29, 1.82) is 0 Å². The van der Waals surface area contributed by atoms with Crippen LogP contribution in [0, 0.1) is 0 Å². The zero-order valence-electron chi connectivity index (χ0n) is 19.3. The highest BCUT2D eigenvalue weighted by Gasteiger charge is 2.19. The van der Waals surface area contributed by atoms with Crippen LogP contribution in [0.2, 0.25) is 0 Å². The van der Waals surface area contributed by atoms with E-state index in [1.165, 1.54) is 44.5 Å². The Morgan fingerprint density at radius 2 is 2.00 bits per heavy atom. The second-order valence-corrected chi connectivity index (χ2v) is 7.98. The van der Waals surface area contributed by atoms with Crippen LogP contribution in [-0.4, -0.2) is 88.9 Å². The summed E-state index contributed by atoms with van der Waals surface area (Å²) in [4.78, 5) is 9.16. The van der Waals surface area contributed by atoms with Gasteiger partial charge < -0.3 is 29.9 Å². The molecule has 0 aliphatic carbocycles. The summed E-state index contributed by atoms with van der Waals surface area (Å²) in [5, 5.41) is 7.02. The van der Waals surface area contributed by atoms with Gasteiger partial charge in [0.1, 0.15) is 12.4 Å². The van der Waals surface area contributed by atoms with E-state index in [1.54, 1.807) is 7.11 Å². The number of nitrogens with zero attached hydrogens (tertiary/aromatic N) is 3. The topological polar surface area (TPSA) is 61.4 Å². The lowest BCUT2D eigenvalue weighted by atomic mass is 10.1. The largest absolute Gasteiger partial charge is 0.492 e. The maximum Gasteiger partial charge on any atom is 0.191 e. The second-order valence-electron chi connectivity index (χ2n) is 7.98. The van der Waals surface area contributed by atoms with Crippen LogP contribution in [0.1, 0.15) is 31.7 Å². The molecular weight excluding hydrogens is 378 g/mol. The molecule has 0 radical (unpaired) electrons. The molecule has 2 rings (SSSR count). The fourth-order valence-electron chi connectivity index (χ4n) is 3.61. The van der Waals surface area contributed by atoms with Gasteiger partial charge in [-0.15, -0.1) is 0 Å². The Hall–Kier alpha value is -1.83. The maximum absolute atomic E-state index is 5.92. The number of piperidine rings is 1. The van der Waals surface area contributed by atoms with Gasteiger partial charge in [0, 0.05) is 52.9 Å². The van der Waals surface area contributed by atoms with Crippen LogP contribution in [0.15, 0.2) is 29.3 Å². The average Bonchev–Trinajstić information content (AvgIpc) is 2.77. The third-order valence-electron chi connectivity index (χ3n) is 5.47. The molecule has 7 nitrogen and oxygen atoms in total. The number of rotatable bonds is 12. The number of benzene rings is 1. The molecule has 1 aromatic carbocycles. The Morgan fingerprint density at radius 1 is 1.23 bits per heavy atom. The van der Waals surface area contributed by atoms with E-state index in [9.17, 15) is 0 Å². The molecule has 0 aromatic heterocycles. The van der Waals surface area contributed by atoms with Crippen molar-refractivity contribution in [2.24, 2.45) is 4.99 Å². The van der Waals surface area contributed by atoms with Gasteiger partial charge >= 0.3 is 0 Å². The molecule has 1 heterocycles. The smallest absolute Gasteiger partial charge is 0.191 e. The number of ether oxygens (including phenoxy) is 2. The summed E-state index contributed by atoms with van der Waals surface area (Å²) in [5.74, 6) is 1.77. The zero-order chi connectivity index (χ0) is 21.6. The van der Waals surface area contributed by atoms with Gasteiger partial charge in [-0.05, 0) is 50.6 Å². The molecule has 1 aliphatic rings. The summed E-state index contributed by atoms with van der Waals surface area (Å²) in [7, 11) is 5.64. The maximum atomic E-state index is 5.92. The number of nitrogens with one attached hydrogen (secondary N) is 2. The molecule has 7 heteroatoms. The van der Waals surface area contributed by atoms with E-state index in [0.717, 1.165) is 38.0 Å². The third-order valence-corrected chi connectivity index (χ3v) is 5.47. The van der Waals surface area contributed by atoms with Crippen molar-refractivity contribution in [3.8, 4) is 5.75 Å². The molecule has 0 unspecified atom stereocenters. The van der Waals surface area contributed by atoms with Gasteiger partial charge in [-0.25, -0.2) is 0 Å². The van der Waals surface area contributed by atoms with Crippen molar-refractivity contribution in [1.82, 2.24) is 20.4 Å². The minimum absolute atomic E-state index is 0.495. The Morgan fingerprint density at radius 3 is 2.70 bits per heavy atom. The molecule has 30 heavy (non-hydrogen) atoms. The molecule has 1 fully saturated rings. The van der Waals surface area contributed by atoms with Crippen molar-refractivity contribution >= 4 is 5.96 Å². The lowest BCUT2D eigenvalue weighted by Gasteiger charge is -2.32. The molecule has 0 spiro atoms. The summed E-state index contributed by atoms with van der Waals surface area (Å²) in [6.45, 7) is 9.71. The molecule has 1 aromatic rings. The van der Waals surface area contributed by atoms with Crippen LogP contribution in [0.25, 0.3) is 0 Å². The van der Waals surface area contributed by atoms with Crippen molar-refractivity contribution in [3.05, 3.63) is 29.8 Å². The van der Waals surface area contributed by atoms with E-state index in [-0.39, 0.29) is 0 Å². The van der Waals surface area contributed by atoms with E-state index >= 15 is 0 Å². The molecular formula is C23H41N5O2. The van der Waals surface area contributed by atoms with E-state index in [4.69, 9.17) is 9.47 Å². The first kappa shape index (κ1) is 24.4. The van der Waals surface area contributed by atoms with Crippen LogP contribution >= 0.6 is 0 Å². The van der Waals surface area contributed by atoms with Gasteiger partial charge in [0.25, 0.3) is 0 Å². The van der Waals surface area contributed by atoms with Gasteiger partial charge in [0.2, 0.25) is 0 Å². The van der Waals surface area contributed by atoms with Crippen LogP contribution in [-0.2, 0) is 11.3 Å². The number of hydrogen-bond donors (Lipinski definition) is 2. The number of methoxy groups -OCH3 is 1. The highest BCUT2D eigenvalue weighted by Crippen LogP contribution is 2.14. The molecule has 1 aliphatic heterocycles. The summed E-state index contributed by atoms with van der Waals surface area (Å²) in [6, 6.07) is 8.75. The monoisotopic (exact) mass is 419 g/mol.